The molecule has 2 amide bonds. The Kier molecular flexibility index (Phi) is 6.10. The van der Waals surface area contributed by atoms with Gasteiger partial charge in [0.15, 0.2) is 0 Å². The van der Waals surface area contributed by atoms with Crippen molar-refractivity contribution >= 4 is 6.03 Å². The van der Waals surface area contributed by atoms with Crippen LogP contribution in [0.5, 0.6) is 5.75 Å². The number of benzene rings is 2. The number of hydrogen-bond acceptors (Lipinski definition) is 3. The lowest BCUT2D eigenvalue weighted by Gasteiger charge is -2.13. The van der Waals surface area contributed by atoms with Crippen LogP contribution >= 0.6 is 0 Å². The summed E-state index contributed by atoms with van der Waals surface area (Å²) < 4.78 is 5.62. The molecular formula is C21H24N4O2. The molecule has 1 aromatic heterocycles. The van der Waals surface area contributed by atoms with Gasteiger partial charge in [-0.05, 0) is 37.1 Å². The van der Waals surface area contributed by atoms with Gasteiger partial charge in [0.2, 0.25) is 0 Å². The highest BCUT2D eigenvalue weighted by atomic mass is 16.5. The summed E-state index contributed by atoms with van der Waals surface area (Å²) in [5.41, 5.74) is 3.12. The van der Waals surface area contributed by atoms with Crippen LogP contribution in [0.1, 0.15) is 24.4 Å². The summed E-state index contributed by atoms with van der Waals surface area (Å²) in [5.74, 6) is 1.51. The van der Waals surface area contributed by atoms with Gasteiger partial charge in [-0.25, -0.2) is 9.78 Å². The van der Waals surface area contributed by atoms with Crippen molar-refractivity contribution in [2.75, 3.05) is 13.2 Å². The van der Waals surface area contributed by atoms with E-state index in [1.165, 1.54) is 0 Å². The van der Waals surface area contributed by atoms with Crippen LogP contribution < -0.4 is 15.4 Å². The fourth-order valence-corrected chi connectivity index (χ4v) is 2.68. The Hall–Kier alpha value is -3.28. The molecule has 3 rings (SSSR count). The van der Waals surface area contributed by atoms with Crippen molar-refractivity contribution in [3.05, 3.63) is 72.2 Å². The van der Waals surface area contributed by atoms with Gasteiger partial charge in [0.05, 0.1) is 24.5 Å². The monoisotopic (exact) mass is 364 g/mol. The van der Waals surface area contributed by atoms with Crippen LogP contribution in [0.4, 0.5) is 4.79 Å². The number of nitrogens with zero attached hydrogens (tertiary/aromatic N) is 1. The van der Waals surface area contributed by atoms with E-state index < -0.39 is 0 Å². The lowest BCUT2D eigenvalue weighted by atomic mass is 10.2. The molecule has 0 aliphatic heterocycles. The molecule has 0 bridgehead atoms. The molecule has 0 radical (unpaired) electrons. The molecule has 0 saturated heterocycles. The van der Waals surface area contributed by atoms with Crippen molar-refractivity contribution in [1.82, 2.24) is 20.6 Å². The van der Waals surface area contributed by atoms with Gasteiger partial charge in [0.25, 0.3) is 0 Å². The number of hydrogen-bond donors (Lipinski definition) is 3. The van der Waals surface area contributed by atoms with Gasteiger partial charge in [0.1, 0.15) is 18.2 Å². The van der Waals surface area contributed by atoms with Crippen LogP contribution in [0, 0.1) is 6.92 Å². The molecule has 1 heterocycles. The molecule has 27 heavy (non-hydrogen) atoms. The van der Waals surface area contributed by atoms with Crippen molar-refractivity contribution in [1.29, 1.82) is 0 Å². The van der Waals surface area contributed by atoms with E-state index in [4.69, 9.17) is 4.74 Å². The molecule has 140 valence electrons. The van der Waals surface area contributed by atoms with Crippen LogP contribution in [0.25, 0.3) is 11.3 Å². The maximum Gasteiger partial charge on any atom is 0.315 e. The smallest absolute Gasteiger partial charge is 0.315 e. The number of ether oxygens (including phenoxy) is 1. The van der Waals surface area contributed by atoms with E-state index in [0.717, 1.165) is 22.6 Å². The number of urea groups is 1. The Bertz CT molecular complexity index is 877. The van der Waals surface area contributed by atoms with Gasteiger partial charge >= 0.3 is 6.03 Å². The van der Waals surface area contributed by atoms with Gasteiger partial charge < -0.3 is 20.4 Å². The summed E-state index contributed by atoms with van der Waals surface area (Å²) >= 11 is 0. The first-order chi connectivity index (χ1) is 13.1. The largest absolute Gasteiger partial charge is 0.492 e. The van der Waals surface area contributed by atoms with Crippen LogP contribution in [0.3, 0.4) is 0 Å². The molecule has 1 atom stereocenters. The normalized spacial score (nSPS) is 11.6. The first-order valence-electron chi connectivity index (χ1n) is 8.96. The summed E-state index contributed by atoms with van der Waals surface area (Å²) in [6.45, 7) is 4.72. The lowest BCUT2D eigenvalue weighted by molar-refractivity contribution is 0.233. The predicted molar refractivity (Wildman–Crippen MR) is 106 cm³/mol. The Morgan fingerprint density at radius 3 is 2.78 bits per heavy atom. The zero-order chi connectivity index (χ0) is 19.1. The van der Waals surface area contributed by atoms with Crippen molar-refractivity contribution in [3.63, 3.8) is 0 Å². The second-order valence-corrected chi connectivity index (χ2v) is 6.34. The minimum Gasteiger partial charge on any atom is -0.492 e. The first-order valence-corrected chi connectivity index (χ1v) is 8.96. The quantitative estimate of drug-likeness (QED) is 0.558. The molecule has 0 aliphatic rings. The van der Waals surface area contributed by atoms with E-state index in [1.807, 2.05) is 68.4 Å². The number of aromatic amines is 1. The number of rotatable bonds is 7. The summed E-state index contributed by atoms with van der Waals surface area (Å²) in [6.07, 6.45) is 1.77. The van der Waals surface area contributed by atoms with Crippen LogP contribution in [-0.2, 0) is 0 Å². The van der Waals surface area contributed by atoms with Crippen LogP contribution in [-0.4, -0.2) is 29.2 Å². The van der Waals surface area contributed by atoms with Crippen molar-refractivity contribution in [3.8, 4) is 17.0 Å². The maximum atomic E-state index is 12.0. The highest BCUT2D eigenvalue weighted by molar-refractivity contribution is 5.74. The predicted octanol–water partition coefficient (Wildman–Crippen LogP) is 3.82. The highest BCUT2D eigenvalue weighted by Gasteiger charge is 2.13. The third-order valence-electron chi connectivity index (χ3n) is 4.08. The maximum absolute atomic E-state index is 12.0. The number of aryl methyl sites for hydroxylation is 1. The summed E-state index contributed by atoms with van der Waals surface area (Å²) in [4.78, 5) is 19.7. The lowest BCUT2D eigenvalue weighted by Crippen LogP contribution is -2.39. The molecular weight excluding hydrogens is 340 g/mol. The average Bonchev–Trinajstić information content (AvgIpc) is 3.16. The molecule has 3 N–H and O–H groups in total. The van der Waals surface area contributed by atoms with Crippen LogP contribution in [0.15, 0.2) is 60.8 Å². The second-order valence-electron chi connectivity index (χ2n) is 6.34. The Morgan fingerprint density at radius 2 is 2.00 bits per heavy atom. The summed E-state index contributed by atoms with van der Waals surface area (Å²) in [5, 5.41) is 5.66. The highest BCUT2D eigenvalue weighted by Crippen LogP contribution is 2.18. The minimum atomic E-state index is -0.256. The molecule has 6 heteroatoms. The standard InChI is InChI=1S/C21H24N4O2/c1-15-7-6-10-18(13-15)27-12-11-22-21(26)24-16(2)20-23-14-19(25-20)17-8-4-3-5-9-17/h3-10,13-14,16H,11-12H2,1-2H3,(H,23,25)(H2,22,24,26). The van der Waals surface area contributed by atoms with Gasteiger partial charge in [-0.1, -0.05) is 42.5 Å². The summed E-state index contributed by atoms with van der Waals surface area (Å²) in [7, 11) is 0. The Balaban J connectivity index is 1.43. The van der Waals surface area contributed by atoms with E-state index >= 15 is 0 Å². The average molecular weight is 364 g/mol. The Morgan fingerprint density at radius 1 is 1.19 bits per heavy atom. The van der Waals surface area contributed by atoms with Gasteiger partial charge in [0, 0.05) is 0 Å². The molecule has 0 saturated carbocycles. The molecule has 3 aromatic rings. The topological polar surface area (TPSA) is 79.0 Å². The zero-order valence-electron chi connectivity index (χ0n) is 15.5. The zero-order valence-corrected chi connectivity index (χ0v) is 15.5. The molecule has 0 fully saturated rings. The fourth-order valence-electron chi connectivity index (χ4n) is 2.68. The number of amides is 2. The number of imidazole rings is 1. The van der Waals surface area contributed by atoms with E-state index in [1.54, 1.807) is 6.20 Å². The SMILES string of the molecule is Cc1cccc(OCCNC(=O)NC(C)c2ncc(-c3ccccc3)[nH]2)c1. The molecule has 0 aliphatic carbocycles. The number of carbonyl (C=O) groups excluding carboxylic acids is 1. The number of carbonyl (C=O) groups is 1. The van der Waals surface area contributed by atoms with E-state index in [-0.39, 0.29) is 12.1 Å². The molecule has 2 aromatic carbocycles. The van der Waals surface area contributed by atoms with E-state index in [0.29, 0.717) is 19.0 Å². The van der Waals surface area contributed by atoms with Crippen molar-refractivity contribution in [2.24, 2.45) is 0 Å². The molecule has 0 spiro atoms. The van der Waals surface area contributed by atoms with Crippen molar-refractivity contribution in [2.45, 2.75) is 19.9 Å². The van der Waals surface area contributed by atoms with E-state index in [2.05, 4.69) is 20.6 Å². The van der Waals surface area contributed by atoms with Gasteiger partial charge in [-0.15, -0.1) is 0 Å². The third kappa shape index (κ3) is 5.34. The number of aromatic nitrogens is 2. The van der Waals surface area contributed by atoms with Crippen LogP contribution in [0.2, 0.25) is 0 Å². The van der Waals surface area contributed by atoms with Crippen molar-refractivity contribution < 1.29 is 9.53 Å². The Labute approximate surface area is 159 Å². The number of H-pyrrole nitrogens is 1. The molecule has 1 unspecified atom stereocenters. The third-order valence-corrected chi connectivity index (χ3v) is 4.08. The summed E-state index contributed by atoms with van der Waals surface area (Å²) in [6, 6.07) is 17.3. The van der Waals surface area contributed by atoms with E-state index in [9.17, 15) is 4.79 Å². The van der Waals surface area contributed by atoms with Gasteiger partial charge in [-0.2, -0.15) is 0 Å². The van der Waals surface area contributed by atoms with Gasteiger partial charge in [-0.3, -0.25) is 0 Å². The molecule has 6 nitrogen and oxygen atoms in total. The number of nitrogens with one attached hydrogen (secondary N) is 3. The fraction of sp³-hybridized carbons (Fsp3) is 0.238. The second kappa shape index (κ2) is 8.89. The first kappa shape index (κ1) is 18.5. The minimum absolute atomic E-state index is 0.236.